The second-order valence-corrected chi connectivity index (χ2v) is 12.8. The van der Waals surface area contributed by atoms with E-state index in [1.165, 1.54) is 67.3 Å². The molecule has 7 rings (SSSR count). The quantitative estimate of drug-likeness (QED) is 0.644. The highest BCUT2D eigenvalue weighted by atomic mass is 16.5. The van der Waals surface area contributed by atoms with Crippen LogP contribution < -0.4 is 4.74 Å². The number of hydrogen-bond donors (Lipinski definition) is 1. The Hall–Kier alpha value is -1.85. The molecule has 1 aromatic carbocycles. The third-order valence-corrected chi connectivity index (χ3v) is 10.8. The van der Waals surface area contributed by atoms with E-state index in [1.54, 1.807) is 7.11 Å². The fraction of sp³-hybridized carbons (Fsp3) is 0.710. The number of likely N-dealkylation sites (tertiary alicyclic amines) is 1. The molecule has 1 N–H and O–H groups in total. The Morgan fingerprint density at radius 1 is 1.03 bits per heavy atom. The number of aromatic nitrogens is 2. The van der Waals surface area contributed by atoms with Gasteiger partial charge < -0.3 is 9.84 Å². The first-order valence-corrected chi connectivity index (χ1v) is 14.7. The molecule has 5 aliphatic rings. The molecule has 5 nitrogen and oxygen atoms in total. The van der Waals surface area contributed by atoms with Crippen LogP contribution in [0.4, 0.5) is 0 Å². The van der Waals surface area contributed by atoms with E-state index in [0.717, 1.165) is 75.0 Å². The summed E-state index contributed by atoms with van der Waals surface area (Å²) in [4.78, 5) is 2.69. The number of rotatable bonds is 5. The minimum Gasteiger partial charge on any atom is -0.497 e. The molecule has 0 spiro atoms. The monoisotopic (exact) mass is 489 g/mol. The molecule has 1 saturated heterocycles. The van der Waals surface area contributed by atoms with Gasteiger partial charge >= 0.3 is 0 Å². The normalized spacial score (nSPS) is 32.4. The lowest BCUT2D eigenvalue weighted by Gasteiger charge is -2.60. The van der Waals surface area contributed by atoms with Gasteiger partial charge in [0.2, 0.25) is 0 Å². The number of fused-ring (bicyclic) bond motifs is 2. The highest BCUT2D eigenvalue weighted by molar-refractivity contribution is 5.50. The van der Waals surface area contributed by atoms with Crippen LogP contribution in [0.3, 0.4) is 0 Å². The molecule has 1 aromatic heterocycles. The van der Waals surface area contributed by atoms with Gasteiger partial charge in [0, 0.05) is 43.1 Å². The van der Waals surface area contributed by atoms with Crippen molar-refractivity contribution in [2.24, 2.45) is 11.8 Å². The maximum absolute atomic E-state index is 13.0. The lowest BCUT2D eigenvalue weighted by molar-refractivity contribution is -0.144. The van der Waals surface area contributed by atoms with Gasteiger partial charge in [0.05, 0.1) is 18.4 Å². The van der Waals surface area contributed by atoms with Gasteiger partial charge in [0.15, 0.2) is 0 Å². The Labute approximate surface area is 216 Å². The molecule has 194 valence electrons. The summed E-state index contributed by atoms with van der Waals surface area (Å²) in [5.74, 6) is 2.50. The van der Waals surface area contributed by atoms with Gasteiger partial charge in [-0.05, 0) is 99.1 Å². The van der Waals surface area contributed by atoms with Gasteiger partial charge in [-0.2, -0.15) is 5.10 Å². The van der Waals surface area contributed by atoms with Crippen molar-refractivity contribution < 1.29 is 9.84 Å². The first-order chi connectivity index (χ1) is 17.5. The van der Waals surface area contributed by atoms with Gasteiger partial charge in [-0.25, -0.2) is 0 Å². The zero-order valence-electron chi connectivity index (χ0n) is 22.3. The zero-order valence-corrected chi connectivity index (χ0v) is 22.3. The Bertz CT molecular complexity index is 1150. The molecule has 0 unspecified atom stereocenters. The van der Waals surface area contributed by atoms with Crippen molar-refractivity contribution in [3.05, 3.63) is 46.3 Å². The van der Waals surface area contributed by atoms with Crippen LogP contribution in [0.25, 0.3) is 0 Å². The lowest BCUT2D eigenvalue weighted by Crippen LogP contribution is -2.71. The van der Waals surface area contributed by atoms with Gasteiger partial charge in [0.1, 0.15) is 5.75 Å². The van der Waals surface area contributed by atoms with Crippen molar-refractivity contribution in [3.63, 3.8) is 0 Å². The molecular weight excluding hydrogens is 446 g/mol. The maximum Gasteiger partial charge on any atom is 0.119 e. The van der Waals surface area contributed by atoms with Crippen LogP contribution in [-0.2, 0) is 31.2 Å². The van der Waals surface area contributed by atoms with Crippen LogP contribution in [0.2, 0.25) is 0 Å². The molecule has 0 radical (unpaired) electrons. The molecule has 3 fully saturated rings. The van der Waals surface area contributed by atoms with Crippen molar-refractivity contribution in [1.82, 2.24) is 14.7 Å². The molecule has 2 heterocycles. The lowest BCUT2D eigenvalue weighted by atomic mass is 9.53. The fourth-order valence-electron chi connectivity index (χ4n) is 8.64. The van der Waals surface area contributed by atoms with E-state index in [2.05, 4.69) is 34.7 Å². The van der Waals surface area contributed by atoms with Crippen molar-refractivity contribution in [2.45, 2.75) is 108 Å². The topological polar surface area (TPSA) is 50.5 Å². The molecule has 0 amide bonds. The molecule has 2 saturated carbocycles. The van der Waals surface area contributed by atoms with Crippen molar-refractivity contribution in [2.75, 3.05) is 20.2 Å². The smallest absolute Gasteiger partial charge is 0.119 e. The number of piperidine rings is 1. The molecule has 3 atom stereocenters. The minimum atomic E-state index is -0.770. The molecule has 1 aliphatic heterocycles. The second-order valence-electron chi connectivity index (χ2n) is 12.8. The van der Waals surface area contributed by atoms with Crippen LogP contribution in [0.15, 0.2) is 18.2 Å². The predicted molar refractivity (Wildman–Crippen MR) is 142 cm³/mol. The van der Waals surface area contributed by atoms with E-state index in [9.17, 15) is 5.11 Å². The first kappa shape index (κ1) is 23.3. The molecule has 2 aromatic rings. The minimum absolute atomic E-state index is 0.208. The molecule has 5 heteroatoms. The summed E-state index contributed by atoms with van der Waals surface area (Å²) >= 11 is 0. The number of nitrogens with zero attached hydrogens (tertiary/aromatic N) is 3. The Morgan fingerprint density at radius 2 is 1.83 bits per heavy atom. The molecular formula is C31H43N3O2. The highest BCUT2D eigenvalue weighted by Crippen LogP contribution is 2.57. The van der Waals surface area contributed by atoms with E-state index in [1.807, 2.05) is 0 Å². The van der Waals surface area contributed by atoms with E-state index in [4.69, 9.17) is 9.84 Å². The molecule has 2 bridgehead atoms. The van der Waals surface area contributed by atoms with E-state index in [0.29, 0.717) is 0 Å². The second kappa shape index (κ2) is 8.59. The SMILES string of the molecule is COc1ccc2c(c1)[C@]13CCN(CC4CC4)[C@H](CC2)[C@]1(O)Cc1c(C)nn(CC2CCCCC2)c1C3. The van der Waals surface area contributed by atoms with Gasteiger partial charge in [-0.3, -0.25) is 9.58 Å². The summed E-state index contributed by atoms with van der Waals surface area (Å²) in [7, 11) is 1.77. The van der Waals surface area contributed by atoms with Crippen molar-refractivity contribution in [3.8, 4) is 5.75 Å². The number of aliphatic hydroxyl groups is 1. The average molecular weight is 490 g/mol. The molecule has 4 aliphatic carbocycles. The number of ether oxygens (including phenoxy) is 1. The third-order valence-electron chi connectivity index (χ3n) is 10.8. The van der Waals surface area contributed by atoms with Gasteiger partial charge in [-0.1, -0.05) is 25.3 Å². The number of hydrogen-bond acceptors (Lipinski definition) is 4. The molecule has 36 heavy (non-hydrogen) atoms. The summed E-state index contributed by atoms with van der Waals surface area (Å²) in [5, 5.41) is 18.2. The Balaban J connectivity index is 1.35. The van der Waals surface area contributed by atoms with E-state index < -0.39 is 5.60 Å². The maximum atomic E-state index is 13.0. The fourth-order valence-corrected chi connectivity index (χ4v) is 8.64. The van der Waals surface area contributed by atoms with Crippen LogP contribution >= 0.6 is 0 Å². The summed E-state index contributed by atoms with van der Waals surface area (Å²) < 4.78 is 8.12. The van der Waals surface area contributed by atoms with Crippen molar-refractivity contribution >= 4 is 0 Å². The van der Waals surface area contributed by atoms with Crippen LogP contribution in [0.5, 0.6) is 5.75 Å². The average Bonchev–Trinajstić information content (AvgIpc) is 3.67. The summed E-state index contributed by atoms with van der Waals surface area (Å²) in [6.45, 7) is 5.48. The summed E-state index contributed by atoms with van der Waals surface area (Å²) in [6.07, 6.45) is 14.2. The van der Waals surface area contributed by atoms with E-state index >= 15 is 0 Å². The zero-order chi connectivity index (χ0) is 24.5. The predicted octanol–water partition coefficient (Wildman–Crippen LogP) is 4.98. The van der Waals surface area contributed by atoms with Crippen LogP contribution in [0.1, 0.15) is 85.9 Å². The first-order valence-electron chi connectivity index (χ1n) is 14.7. The van der Waals surface area contributed by atoms with Gasteiger partial charge in [0.25, 0.3) is 0 Å². The highest BCUT2D eigenvalue weighted by Gasteiger charge is 2.64. The van der Waals surface area contributed by atoms with Crippen LogP contribution in [0, 0.1) is 18.8 Å². The van der Waals surface area contributed by atoms with Crippen LogP contribution in [-0.4, -0.2) is 51.6 Å². The largest absolute Gasteiger partial charge is 0.497 e. The Kier molecular flexibility index (Phi) is 5.56. The van der Waals surface area contributed by atoms with E-state index in [-0.39, 0.29) is 11.5 Å². The van der Waals surface area contributed by atoms with Crippen molar-refractivity contribution in [1.29, 1.82) is 0 Å². The summed E-state index contributed by atoms with van der Waals surface area (Å²) in [5.41, 5.74) is 5.62. The standard InChI is InChI=1S/C31H43N3O2/c1-21-26-17-31(35)29-13-11-24-10-12-25(36-2)16-27(24)30(31,14-15-33(29)19-23-8-9-23)18-28(26)34(32-21)20-22-6-4-3-5-7-22/h10,12,16,22-23,29,35H,3-9,11,13-15,17-20H2,1-2H3/t29-,30-,31-/m1/s1. The Morgan fingerprint density at radius 3 is 2.61 bits per heavy atom. The number of methoxy groups -OCH3 is 1. The third kappa shape index (κ3) is 3.52. The number of benzene rings is 1. The van der Waals surface area contributed by atoms with Gasteiger partial charge in [-0.15, -0.1) is 0 Å². The summed E-state index contributed by atoms with van der Waals surface area (Å²) in [6, 6.07) is 6.89. The number of aryl methyl sites for hydroxylation is 2.